The van der Waals surface area contributed by atoms with Gasteiger partial charge in [-0.05, 0) is 95.1 Å². The summed E-state index contributed by atoms with van der Waals surface area (Å²) < 4.78 is 11.3. The maximum atomic E-state index is 12.8. The molecular formula is C46H89NO5. The zero-order valence-corrected chi connectivity index (χ0v) is 35.2. The van der Waals surface area contributed by atoms with Crippen LogP contribution in [-0.4, -0.2) is 61.4 Å². The Labute approximate surface area is 323 Å². The minimum absolute atomic E-state index is 0.0233. The summed E-state index contributed by atoms with van der Waals surface area (Å²) >= 11 is 0. The first kappa shape index (κ1) is 48.9. The number of rotatable bonds is 41. The minimum atomic E-state index is -0.0233. The van der Waals surface area contributed by atoms with Crippen LogP contribution in [0.5, 0.6) is 0 Å². The first-order valence-electron chi connectivity index (χ1n) is 23.1. The third kappa shape index (κ3) is 30.2. The molecule has 6 nitrogen and oxygen atoms in total. The summed E-state index contributed by atoms with van der Waals surface area (Å²) in [4.78, 5) is 27.4. The van der Waals surface area contributed by atoms with Crippen molar-refractivity contribution in [1.29, 1.82) is 0 Å². The topological polar surface area (TPSA) is 76.1 Å². The Morgan fingerprint density at radius 2 is 1.02 bits per heavy atom. The van der Waals surface area contributed by atoms with Crippen molar-refractivity contribution < 1.29 is 24.2 Å². The van der Waals surface area contributed by atoms with E-state index < -0.39 is 0 Å². The van der Waals surface area contributed by atoms with Gasteiger partial charge >= 0.3 is 11.9 Å². The number of unbranched alkanes of at least 4 members (excludes halogenated alkanes) is 19. The van der Waals surface area contributed by atoms with Gasteiger partial charge in [-0.15, -0.1) is 0 Å². The summed E-state index contributed by atoms with van der Waals surface area (Å²) in [5.41, 5.74) is 0.382. The number of esters is 2. The highest BCUT2D eigenvalue weighted by molar-refractivity contribution is 5.69. The molecule has 1 rings (SSSR count). The van der Waals surface area contributed by atoms with Crippen LogP contribution in [0.15, 0.2) is 0 Å². The molecule has 0 aromatic carbocycles. The summed E-state index contributed by atoms with van der Waals surface area (Å²) in [5, 5.41) is 9.44. The van der Waals surface area contributed by atoms with Gasteiger partial charge in [-0.1, -0.05) is 149 Å². The zero-order chi connectivity index (χ0) is 37.8. The highest BCUT2D eigenvalue weighted by Gasteiger charge is 2.41. The number of aliphatic hydroxyl groups excluding tert-OH is 1. The Hall–Kier alpha value is -1.14. The molecule has 0 amide bonds. The van der Waals surface area contributed by atoms with Gasteiger partial charge in [-0.2, -0.15) is 0 Å². The zero-order valence-electron chi connectivity index (χ0n) is 35.2. The molecule has 1 saturated carbocycles. The predicted octanol–water partition coefficient (Wildman–Crippen LogP) is 12.9. The molecule has 1 aliphatic carbocycles. The summed E-state index contributed by atoms with van der Waals surface area (Å²) in [6.07, 6.45) is 38.9. The van der Waals surface area contributed by atoms with Crippen molar-refractivity contribution in [2.24, 2.45) is 11.3 Å². The van der Waals surface area contributed by atoms with Crippen LogP contribution in [0.25, 0.3) is 0 Å². The fraction of sp³-hybridized carbons (Fsp3) is 0.957. The maximum absolute atomic E-state index is 12.8. The van der Waals surface area contributed by atoms with Crippen molar-refractivity contribution in [3.05, 3.63) is 0 Å². The summed E-state index contributed by atoms with van der Waals surface area (Å²) in [6, 6.07) is 0. The van der Waals surface area contributed by atoms with Crippen LogP contribution in [0.1, 0.15) is 233 Å². The quantitative estimate of drug-likeness (QED) is 0.0498. The summed E-state index contributed by atoms with van der Waals surface area (Å²) in [7, 11) is 0. The van der Waals surface area contributed by atoms with Gasteiger partial charge in [-0.25, -0.2) is 0 Å². The van der Waals surface area contributed by atoms with Crippen molar-refractivity contribution in [2.45, 2.75) is 233 Å². The van der Waals surface area contributed by atoms with E-state index in [0.29, 0.717) is 37.4 Å². The van der Waals surface area contributed by atoms with Gasteiger partial charge < -0.3 is 19.5 Å². The molecule has 6 heteroatoms. The van der Waals surface area contributed by atoms with Crippen LogP contribution < -0.4 is 0 Å². The monoisotopic (exact) mass is 736 g/mol. The lowest BCUT2D eigenvalue weighted by Gasteiger charge is -2.23. The second-order valence-corrected chi connectivity index (χ2v) is 16.7. The largest absolute Gasteiger partial charge is 0.466 e. The molecule has 0 saturated heterocycles. The van der Waals surface area contributed by atoms with Crippen molar-refractivity contribution >= 4 is 11.9 Å². The predicted molar refractivity (Wildman–Crippen MR) is 221 cm³/mol. The van der Waals surface area contributed by atoms with E-state index in [2.05, 4.69) is 25.7 Å². The Bertz CT molecular complexity index is 786. The van der Waals surface area contributed by atoms with E-state index in [1.54, 1.807) is 0 Å². The molecular weight excluding hydrogens is 647 g/mol. The number of carbonyl (C=O) groups is 2. The second kappa shape index (κ2) is 35.6. The van der Waals surface area contributed by atoms with Crippen molar-refractivity contribution in [2.75, 3.05) is 39.5 Å². The average Bonchev–Trinajstić information content (AvgIpc) is 3.93. The van der Waals surface area contributed by atoms with Crippen LogP contribution >= 0.6 is 0 Å². The number of ether oxygens (including phenoxy) is 2. The van der Waals surface area contributed by atoms with Gasteiger partial charge in [0, 0.05) is 26.0 Å². The molecule has 0 aliphatic heterocycles. The fourth-order valence-corrected chi connectivity index (χ4v) is 7.75. The highest BCUT2D eigenvalue weighted by Crippen LogP contribution is 2.53. The molecule has 1 aliphatic rings. The average molecular weight is 736 g/mol. The van der Waals surface area contributed by atoms with E-state index in [0.717, 1.165) is 51.7 Å². The number of carbonyl (C=O) groups excluding carboxylic acids is 2. The molecule has 0 radical (unpaired) electrons. The lowest BCUT2D eigenvalue weighted by atomic mass is 9.93. The molecule has 308 valence electrons. The number of nitrogens with zero attached hydrogens (tertiary/aromatic N) is 1. The number of aliphatic hydroxyl groups is 1. The highest BCUT2D eigenvalue weighted by atomic mass is 16.5. The standard InChI is InChI=1S/C46H89NO5/c1-4-7-10-13-14-20-27-41-51-44(49)31-23-18-15-19-25-37-47(39-28-40-48)38-26-24-33-46(35-36-46)34-32-45(50)52-42-43(29-21-16-11-8-5-2)30-22-17-12-9-6-3/h43,48H,4-42H2,1-3H3. The molecule has 0 unspecified atom stereocenters. The molecule has 0 heterocycles. The van der Waals surface area contributed by atoms with Crippen LogP contribution in [0, 0.1) is 11.3 Å². The van der Waals surface area contributed by atoms with Crippen molar-refractivity contribution in [3.63, 3.8) is 0 Å². The summed E-state index contributed by atoms with van der Waals surface area (Å²) in [6.45, 7) is 11.4. The maximum Gasteiger partial charge on any atom is 0.305 e. The first-order chi connectivity index (χ1) is 25.5. The van der Waals surface area contributed by atoms with E-state index >= 15 is 0 Å². The number of hydrogen-bond acceptors (Lipinski definition) is 6. The third-order valence-electron chi connectivity index (χ3n) is 11.7. The fourth-order valence-electron chi connectivity index (χ4n) is 7.75. The Morgan fingerprint density at radius 1 is 0.538 bits per heavy atom. The van der Waals surface area contributed by atoms with Gasteiger partial charge in [0.2, 0.25) is 0 Å². The molecule has 0 spiro atoms. The van der Waals surface area contributed by atoms with Crippen molar-refractivity contribution in [1.82, 2.24) is 4.90 Å². The Balaban J connectivity index is 2.18. The molecule has 0 bridgehead atoms. The van der Waals surface area contributed by atoms with Crippen LogP contribution in [0.3, 0.4) is 0 Å². The van der Waals surface area contributed by atoms with E-state index in [1.807, 2.05) is 0 Å². The van der Waals surface area contributed by atoms with Gasteiger partial charge in [0.15, 0.2) is 0 Å². The van der Waals surface area contributed by atoms with Gasteiger partial charge in [0.25, 0.3) is 0 Å². The molecule has 0 aromatic rings. The third-order valence-corrected chi connectivity index (χ3v) is 11.7. The smallest absolute Gasteiger partial charge is 0.305 e. The molecule has 0 aromatic heterocycles. The minimum Gasteiger partial charge on any atom is -0.466 e. The lowest BCUT2D eigenvalue weighted by Crippen LogP contribution is -2.28. The van der Waals surface area contributed by atoms with Gasteiger partial charge in [0.1, 0.15) is 0 Å². The second-order valence-electron chi connectivity index (χ2n) is 16.7. The van der Waals surface area contributed by atoms with E-state index in [1.165, 1.54) is 167 Å². The van der Waals surface area contributed by atoms with E-state index in [-0.39, 0.29) is 18.5 Å². The number of hydrogen-bond donors (Lipinski definition) is 1. The first-order valence-corrected chi connectivity index (χ1v) is 23.1. The Morgan fingerprint density at radius 3 is 1.60 bits per heavy atom. The molecule has 1 fully saturated rings. The van der Waals surface area contributed by atoms with Gasteiger partial charge in [-0.3, -0.25) is 9.59 Å². The van der Waals surface area contributed by atoms with E-state index in [4.69, 9.17) is 9.47 Å². The van der Waals surface area contributed by atoms with Crippen LogP contribution in [0.4, 0.5) is 0 Å². The normalized spacial score (nSPS) is 13.7. The van der Waals surface area contributed by atoms with Crippen molar-refractivity contribution in [3.8, 4) is 0 Å². The van der Waals surface area contributed by atoms with E-state index in [9.17, 15) is 14.7 Å². The molecule has 0 atom stereocenters. The lowest BCUT2D eigenvalue weighted by molar-refractivity contribution is -0.146. The van der Waals surface area contributed by atoms with Gasteiger partial charge in [0.05, 0.1) is 13.2 Å². The van der Waals surface area contributed by atoms with Crippen LogP contribution in [-0.2, 0) is 19.1 Å². The van der Waals surface area contributed by atoms with Crippen LogP contribution in [0.2, 0.25) is 0 Å². The SMILES string of the molecule is CCCCCCCCCOC(=O)CCCCCCCN(CCCO)CCCCC1(CCC(=O)OCC(CCCCCCC)CCCCCCC)CC1. The molecule has 1 N–H and O–H groups in total. The molecule has 52 heavy (non-hydrogen) atoms. The Kier molecular flexibility index (Phi) is 33.4. The summed E-state index contributed by atoms with van der Waals surface area (Å²) in [5.74, 6) is 0.544.